The first-order valence-electron chi connectivity index (χ1n) is 3.63. The van der Waals surface area contributed by atoms with Crippen molar-refractivity contribution in [3.05, 3.63) is 24.3 Å². The lowest BCUT2D eigenvalue weighted by molar-refractivity contribution is -0.119. The van der Waals surface area contributed by atoms with Gasteiger partial charge in [-0.2, -0.15) is 0 Å². The van der Waals surface area contributed by atoms with Gasteiger partial charge in [-0.3, -0.25) is 10.6 Å². The molecule has 3 nitrogen and oxygen atoms in total. The summed E-state index contributed by atoms with van der Waals surface area (Å²) in [7, 11) is 0. The molecule has 3 N–H and O–H groups in total. The quantitative estimate of drug-likeness (QED) is 0.442. The smallest absolute Gasteiger partial charge is 0.180 e. The summed E-state index contributed by atoms with van der Waals surface area (Å²) in [6, 6.07) is 0. The average molecular weight is 152 g/mol. The van der Waals surface area contributed by atoms with Crippen molar-refractivity contribution >= 4 is 5.78 Å². The molecule has 0 aliphatic heterocycles. The molecule has 0 radical (unpaired) electrons. The van der Waals surface area contributed by atoms with Crippen molar-refractivity contribution in [1.29, 1.82) is 0 Å². The Kier molecular flexibility index (Phi) is 2.22. The highest BCUT2D eigenvalue weighted by Crippen LogP contribution is 2.16. The fourth-order valence-corrected chi connectivity index (χ4v) is 1.11. The first-order valence-corrected chi connectivity index (χ1v) is 3.63. The molecular formula is C8H12N2O. The predicted molar refractivity (Wildman–Crippen MR) is 43.6 cm³/mol. The van der Waals surface area contributed by atoms with Crippen LogP contribution in [0.1, 0.15) is 13.3 Å². The molecule has 0 aromatic heterocycles. The minimum absolute atomic E-state index is 0.0185. The van der Waals surface area contributed by atoms with Gasteiger partial charge < -0.3 is 0 Å². The van der Waals surface area contributed by atoms with Gasteiger partial charge in [-0.15, -0.1) is 0 Å². The first-order chi connectivity index (χ1) is 5.25. The number of ketones is 1. The van der Waals surface area contributed by atoms with Crippen LogP contribution in [0.2, 0.25) is 0 Å². The fourth-order valence-electron chi connectivity index (χ4n) is 1.11. The number of hydrogen-bond acceptors (Lipinski definition) is 3. The second-order valence-corrected chi connectivity index (χ2v) is 2.55. The molecule has 60 valence electrons. The fraction of sp³-hybridized carbons (Fsp3) is 0.375. The topological polar surface area (TPSA) is 55.1 Å². The average Bonchev–Trinajstić information content (AvgIpc) is 2.06. The maximum Gasteiger partial charge on any atom is 0.180 e. The number of rotatable bonds is 2. The predicted octanol–water partition coefficient (Wildman–Crippen LogP) is 0.294. The van der Waals surface area contributed by atoms with Crippen LogP contribution >= 0.6 is 0 Å². The van der Waals surface area contributed by atoms with Crippen LogP contribution in [0.4, 0.5) is 0 Å². The second kappa shape index (κ2) is 2.98. The summed E-state index contributed by atoms with van der Waals surface area (Å²) in [5.74, 6) is 5.30. The van der Waals surface area contributed by atoms with E-state index in [1.54, 1.807) is 12.2 Å². The molecule has 1 atom stereocenters. The van der Waals surface area contributed by atoms with Crippen LogP contribution in [0.5, 0.6) is 0 Å². The monoisotopic (exact) mass is 152 g/mol. The molecule has 0 aromatic carbocycles. The molecule has 0 spiro atoms. The molecule has 0 saturated carbocycles. The van der Waals surface area contributed by atoms with E-state index in [2.05, 4.69) is 5.43 Å². The summed E-state index contributed by atoms with van der Waals surface area (Å²) in [5.41, 5.74) is 1.87. The molecule has 1 aliphatic carbocycles. The summed E-state index contributed by atoms with van der Waals surface area (Å²) >= 11 is 0. The van der Waals surface area contributed by atoms with Crippen LogP contribution in [0.3, 0.4) is 0 Å². The molecule has 1 unspecified atom stereocenters. The van der Waals surface area contributed by atoms with Crippen LogP contribution < -0.4 is 11.3 Å². The Labute approximate surface area is 65.9 Å². The molecule has 0 heterocycles. The number of nitrogens with one attached hydrogen (secondary N) is 1. The Balaban J connectivity index is 2.91. The summed E-state index contributed by atoms with van der Waals surface area (Å²) in [6.07, 6.45) is 7.53. The van der Waals surface area contributed by atoms with E-state index in [0.717, 1.165) is 0 Å². The minimum atomic E-state index is -0.658. The van der Waals surface area contributed by atoms with Crippen molar-refractivity contribution < 1.29 is 4.79 Å². The van der Waals surface area contributed by atoms with E-state index < -0.39 is 5.54 Å². The summed E-state index contributed by atoms with van der Waals surface area (Å²) in [4.78, 5) is 11.3. The largest absolute Gasteiger partial charge is 0.292 e. The van der Waals surface area contributed by atoms with E-state index >= 15 is 0 Å². The molecule has 1 rings (SSSR count). The lowest BCUT2D eigenvalue weighted by Gasteiger charge is -2.26. The highest BCUT2D eigenvalue weighted by atomic mass is 16.1. The lowest BCUT2D eigenvalue weighted by atomic mass is 9.88. The van der Waals surface area contributed by atoms with E-state index in [9.17, 15) is 4.79 Å². The summed E-state index contributed by atoms with van der Waals surface area (Å²) < 4.78 is 0. The minimum Gasteiger partial charge on any atom is -0.292 e. The normalized spacial score (nSPS) is 29.5. The van der Waals surface area contributed by atoms with E-state index in [4.69, 9.17) is 5.84 Å². The van der Waals surface area contributed by atoms with Crippen molar-refractivity contribution in [2.45, 2.75) is 18.9 Å². The van der Waals surface area contributed by atoms with Crippen molar-refractivity contribution in [2.24, 2.45) is 5.84 Å². The molecule has 3 heteroatoms. The van der Waals surface area contributed by atoms with E-state index in [1.807, 2.05) is 13.0 Å². The van der Waals surface area contributed by atoms with E-state index in [0.29, 0.717) is 6.42 Å². The Morgan fingerprint density at radius 1 is 1.64 bits per heavy atom. The number of carbonyl (C=O) groups excluding carboxylic acids is 1. The van der Waals surface area contributed by atoms with Gasteiger partial charge in [0.05, 0.1) is 0 Å². The number of allylic oxidation sites excluding steroid dienone is 2. The molecule has 0 fully saturated rings. The molecule has 1 aliphatic rings. The van der Waals surface area contributed by atoms with Crippen LogP contribution in [0, 0.1) is 0 Å². The molecule has 11 heavy (non-hydrogen) atoms. The Bertz CT molecular complexity index is 214. The van der Waals surface area contributed by atoms with Crippen molar-refractivity contribution in [2.75, 3.05) is 0 Å². The first kappa shape index (κ1) is 8.17. The van der Waals surface area contributed by atoms with Crippen LogP contribution in [0.25, 0.3) is 0 Å². The number of nitrogens with two attached hydrogens (primary N) is 1. The zero-order valence-electron chi connectivity index (χ0n) is 6.50. The van der Waals surface area contributed by atoms with Gasteiger partial charge in [0.2, 0.25) is 0 Å². The van der Waals surface area contributed by atoms with Gasteiger partial charge in [0.15, 0.2) is 5.78 Å². The Morgan fingerprint density at radius 2 is 2.36 bits per heavy atom. The van der Waals surface area contributed by atoms with Gasteiger partial charge in [-0.05, 0) is 12.5 Å². The van der Waals surface area contributed by atoms with Gasteiger partial charge in [-0.1, -0.05) is 25.2 Å². The van der Waals surface area contributed by atoms with E-state index in [-0.39, 0.29) is 5.78 Å². The number of hydrazine groups is 1. The van der Waals surface area contributed by atoms with Crippen LogP contribution in [-0.2, 0) is 4.79 Å². The van der Waals surface area contributed by atoms with Gasteiger partial charge in [0.25, 0.3) is 0 Å². The zero-order valence-corrected chi connectivity index (χ0v) is 6.50. The third kappa shape index (κ3) is 1.25. The van der Waals surface area contributed by atoms with Crippen molar-refractivity contribution in [3.8, 4) is 0 Å². The SMILES string of the molecule is CCC1(NN)C=CC=CC1=O. The zero-order chi connectivity index (χ0) is 8.32. The molecular weight excluding hydrogens is 140 g/mol. The van der Waals surface area contributed by atoms with Crippen LogP contribution in [-0.4, -0.2) is 11.3 Å². The standard InChI is InChI=1S/C8H12N2O/c1-2-8(10-9)6-4-3-5-7(8)11/h3-6,10H,2,9H2,1H3. The van der Waals surface area contributed by atoms with Crippen molar-refractivity contribution in [3.63, 3.8) is 0 Å². The third-order valence-corrected chi connectivity index (χ3v) is 1.99. The Hall–Kier alpha value is -0.930. The molecule has 0 aromatic rings. The van der Waals surface area contributed by atoms with Gasteiger partial charge >= 0.3 is 0 Å². The van der Waals surface area contributed by atoms with Gasteiger partial charge in [0, 0.05) is 0 Å². The highest BCUT2D eigenvalue weighted by Gasteiger charge is 2.31. The summed E-state index contributed by atoms with van der Waals surface area (Å²) in [5, 5.41) is 0. The third-order valence-electron chi connectivity index (χ3n) is 1.99. The summed E-state index contributed by atoms with van der Waals surface area (Å²) in [6.45, 7) is 1.92. The molecule has 0 amide bonds. The van der Waals surface area contributed by atoms with E-state index in [1.165, 1.54) is 6.08 Å². The number of hydrogen-bond donors (Lipinski definition) is 2. The lowest BCUT2D eigenvalue weighted by Crippen LogP contribution is -2.53. The van der Waals surface area contributed by atoms with Gasteiger partial charge in [0.1, 0.15) is 5.54 Å². The van der Waals surface area contributed by atoms with Gasteiger partial charge in [-0.25, -0.2) is 5.43 Å². The Morgan fingerprint density at radius 3 is 2.73 bits per heavy atom. The van der Waals surface area contributed by atoms with Crippen molar-refractivity contribution in [1.82, 2.24) is 5.43 Å². The maximum atomic E-state index is 11.3. The maximum absolute atomic E-state index is 11.3. The number of carbonyl (C=O) groups is 1. The molecule has 0 bridgehead atoms. The second-order valence-electron chi connectivity index (χ2n) is 2.55. The molecule has 0 saturated heterocycles. The van der Waals surface area contributed by atoms with Crippen LogP contribution in [0.15, 0.2) is 24.3 Å². The highest BCUT2D eigenvalue weighted by molar-refractivity contribution is 6.00.